The van der Waals surface area contributed by atoms with Gasteiger partial charge in [-0.05, 0) is 26.2 Å². The fourth-order valence-electron chi connectivity index (χ4n) is 2.07. The third kappa shape index (κ3) is 3.35. The number of hydrogen-bond acceptors (Lipinski definition) is 5. The predicted octanol–water partition coefficient (Wildman–Crippen LogP) is 2.32. The molecule has 19 heavy (non-hydrogen) atoms. The van der Waals surface area contributed by atoms with Crippen LogP contribution in [0, 0.1) is 10.1 Å². The predicted molar refractivity (Wildman–Crippen MR) is 71.6 cm³/mol. The highest BCUT2D eigenvalue weighted by Gasteiger charge is 2.34. The van der Waals surface area contributed by atoms with E-state index in [4.69, 9.17) is 4.74 Å². The summed E-state index contributed by atoms with van der Waals surface area (Å²) in [4.78, 5) is 10.4. The summed E-state index contributed by atoms with van der Waals surface area (Å²) in [6.07, 6.45) is 2.57. The van der Waals surface area contributed by atoms with Crippen LogP contribution in [-0.2, 0) is 0 Å². The summed E-state index contributed by atoms with van der Waals surface area (Å²) in [7, 11) is 0. The SMILES string of the molecule is CCOc1cc(NCC2(O)CCC2)cc([N+](=O)[O-])c1. The first kappa shape index (κ1) is 13.6. The zero-order valence-electron chi connectivity index (χ0n) is 10.9. The molecule has 1 fully saturated rings. The van der Waals surface area contributed by atoms with Crippen molar-refractivity contribution in [3.8, 4) is 5.75 Å². The molecule has 1 aromatic carbocycles. The molecule has 6 heteroatoms. The fraction of sp³-hybridized carbons (Fsp3) is 0.538. The molecule has 6 nitrogen and oxygen atoms in total. The van der Waals surface area contributed by atoms with Gasteiger partial charge in [0.25, 0.3) is 5.69 Å². The molecule has 2 N–H and O–H groups in total. The fourth-order valence-corrected chi connectivity index (χ4v) is 2.07. The van der Waals surface area contributed by atoms with Crippen molar-refractivity contribution >= 4 is 11.4 Å². The van der Waals surface area contributed by atoms with E-state index in [0.29, 0.717) is 24.6 Å². The molecular formula is C13H18N2O4. The van der Waals surface area contributed by atoms with Gasteiger partial charge in [-0.3, -0.25) is 10.1 Å². The first-order valence-corrected chi connectivity index (χ1v) is 6.41. The van der Waals surface area contributed by atoms with Gasteiger partial charge in [-0.15, -0.1) is 0 Å². The first-order valence-electron chi connectivity index (χ1n) is 6.41. The molecule has 0 saturated heterocycles. The lowest BCUT2D eigenvalue weighted by Gasteiger charge is -2.36. The number of ether oxygens (including phenoxy) is 1. The van der Waals surface area contributed by atoms with Gasteiger partial charge in [0.2, 0.25) is 0 Å². The van der Waals surface area contributed by atoms with Gasteiger partial charge in [0.05, 0.1) is 23.2 Å². The molecule has 0 spiro atoms. The number of nitro benzene ring substituents is 1. The topological polar surface area (TPSA) is 84.6 Å². The van der Waals surface area contributed by atoms with Crippen LogP contribution in [0.2, 0.25) is 0 Å². The Balaban J connectivity index is 2.11. The minimum atomic E-state index is -0.670. The van der Waals surface area contributed by atoms with Gasteiger partial charge in [-0.25, -0.2) is 0 Å². The average molecular weight is 266 g/mol. The second-order valence-electron chi connectivity index (χ2n) is 4.84. The number of aliphatic hydroxyl groups is 1. The van der Waals surface area contributed by atoms with Crippen molar-refractivity contribution in [3.05, 3.63) is 28.3 Å². The molecule has 1 saturated carbocycles. The van der Waals surface area contributed by atoms with Crippen LogP contribution in [0.25, 0.3) is 0 Å². The van der Waals surface area contributed by atoms with Crippen molar-refractivity contribution in [2.45, 2.75) is 31.8 Å². The zero-order valence-corrected chi connectivity index (χ0v) is 10.9. The van der Waals surface area contributed by atoms with Gasteiger partial charge in [-0.1, -0.05) is 0 Å². The molecule has 0 unspecified atom stereocenters. The van der Waals surface area contributed by atoms with Gasteiger partial charge in [-0.2, -0.15) is 0 Å². The summed E-state index contributed by atoms with van der Waals surface area (Å²) in [5, 5.41) is 23.9. The van der Waals surface area contributed by atoms with Crippen LogP contribution in [0.5, 0.6) is 5.75 Å². The van der Waals surface area contributed by atoms with Crippen LogP contribution in [0.4, 0.5) is 11.4 Å². The van der Waals surface area contributed by atoms with Crippen molar-refractivity contribution in [1.29, 1.82) is 0 Å². The van der Waals surface area contributed by atoms with E-state index in [2.05, 4.69) is 5.32 Å². The molecule has 0 bridgehead atoms. The lowest BCUT2D eigenvalue weighted by atomic mass is 9.80. The number of hydrogen-bond donors (Lipinski definition) is 2. The summed E-state index contributed by atoms with van der Waals surface area (Å²) in [5.74, 6) is 0.458. The third-order valence-electron chi connectivity index (χ3n) is 3.32. The molecule has 1 aliphatic rings. The highest BCUT2D eigenvalue weighted by atomic mass is 16.6. The quantitative estimate of drug-likeness (QED) is 0.609. The number of benzene rings is 1. The molecule has 0 amide bonds. The minimum Gasteiger partial charge on any atom is -0.494 e. The van der Waals surface area contributed by atoms with E-state index in [1.807, 2.05) is 6.92 Å². The summed E-state index contributed by atoms with van der Waals surface area (Å²) in [6.45, 7) is 2.67. The standard InChI is InChI=1S/C13H18N2O4/c1-2-19-12-7-10(6-11(8-12)15(17)18)14-9-13(16)4-3-5-13/h6-8,14,16H,2-5,9H2,1H3. The van der Waals surface area contributed by atoms with Crippen LogP contribution >= 0.6 is 0 Å². The average Bonchev–Trinajstić information content (AvgIpc) is 2.34. The molecule has 0 heterocycles. The van der Waals surface area contributed by atoms with Gasteiger partial charge < -0.3 is 15.2 Å². The third-order valence-corrected chi connectivity index (χ3v) is 3.32. The Kier molecular flexibility index (Phi) is 3.90. The van der Waals surface area contributed by atoms with E-state index in [1.165, 1.54) is 12.1 Å². The van der Waals surface area contributed by atoms with Crippen molar-refractivity contribution < 1.29 is 14.8 Å². The molecule has 0 radical (unpaired) electrons. The number of anilines is 1. The van der Waals surface area contributed by atoms with E-state index in [9.17, 15) is 15.2 Å². The lowest BCUT2D eigenvalue weighted by Crippen LogP contribution is -2.43. The Morgan fingerprint density at radius 1 is 1.47 bits per heavy atom. The van der Waals surface area contributed by atoms with Gasteiger partial charge in [0.15, 0.2) is 0 Å². The van der Waals surface area contributed by atoms with Gasteiger partial charge >= 0.3 is 0 Å². The lowest BCUT2D eigenvalue weighted by molar-refractivity contribution is -0.384. The van der Waals surface area contributed by atoms with Crippen LogP contribution in [-0.4, -0.2) is 28.8 Å². The zero-order chi connectivity index (χ0) is 13.9. The highest BCUT2D eigenvalue weighted by Crippen LogP contribution is 2.32. The van der Waals surface area contributed by atoms with Crippen LogP contribution in [0.15, 0.2) is 18.2 Å². The molecule has 1 aromatic rings. The van der Waals surface area contributed by atoms with Gasteiger partial charge in [0, 0.05) is 24.4 Å². The van der Waals surface area contributed by atoms with Crippen LogP contribution in [0.1, 0.15) is 26.2 Å². The molecule has 1 aliphatic carbocycles. The number of nitrogens with zero attached hydrogens (tertiary/aromatic N) is 1. The van der Waals surface area contributed by atoms with Crippen LogP contribution < -0.4 is 10.1 Å². The maximum Gasteiger partial charge on any atom is 0.275 e. The molecule has 0 atom stereocenters. The Labute approximate surface area is 111 Å². The first-order chi connectivity index (χ1) is 9.02. The monoisotopic (exact) mass is 266 g/mol. The highest BCUT2D eigenvalue weighted by molar-refractivity contribution is 5.56. The van der Waals surface area contributed by atoms with E-state index >= 15 is 0 Å². The number of nitro groups is 1. The molecule has 104 valence electrons. The number of rotatable bonds is 6. The summed E-state index contributed by atoms with van der Waals surface area (Å²) >= 11 is 0. The molecule has 0 aromatic heterocycles. The second kappa shape index (κ2) is 5.44. The minimum absolute atomic E-state index is 0.0194. The van der Waals surface area contributed by atoms with Crippen molar-refractivity contribution in [3.63, 3.8) is 0 Å². The van der Waals surface area contributed by atoms with Crippen molar-refractivity contribution in [2.75, 3.05) is 18.5 Å². The number of nitrogens with one attached hydrogen (secondary N) is 1. The van der Waals surface area contributed by atoms with Crippen molar-refractivity contribution in [1.82, 2.24) is 0 Å². The largest absolute Gasteiger partial charge is 0.494 e. The second-order valence-corrected chi connectivity index (χ2v) is 4.84. The van der Waals surface area contributed by atoms with E-state index in [0.717, 1.165) is 19.3 Å². The normalized spacial score (nSPS) is 16.5. The molecule has 2 rings (SSSR count). The summed E-state index contributed by atoms with van der Waals surface area (Å²) in [5.41, 5.74) is -0.0943. The molecular weight excluding hydrogens is 248 g/mol. The maximum atomic E-state index is 10.9. The van der Waals surface area contributed by atoms with Crippen molar-refractivity contribution in [2.24, 2.45) is 0 Å². The molecule has 0 aliphatic heterocycles. The Morgan fingerprint density at radius 2 is 2.21 bits per heavy atom. The number of non-ortho nitro benzene ring substituents is 1. The maximum absolute atomic E-state index is 10.9. The summed E-state index contributed by atoms with van der Waals surface area (Å²) < 4.78 is 5.30. The van der Waals surface area contributed by atoms with E-state index in [1.54, 1.807) is 6.07 Å². The summed E-state index contributed by atoms with van der Waals surface area (Å²) in [6, 6.07) is 4.55. The smallest absolute Gasteiger partial charge is 0.275 e. The van der Waals surface area contributed by atoms with E-state index in [-0.39, 0.29) is 5.69 Å². The van der Waals surface area contributed by atoms with E-state index < -0.39 is 10.5 Å². The Morgan fingerprint density at radius 3 is 2.74 bits per heavy atom. The van der Waals surface area contributed by atoms with Crippen LogP contribution in [0.3, 0.4) is 0 Å². The Bertz CT molecular complexity index is 472. The van der Waals surface area contributed by atoms with Gasteiger partial charge in [0.1, 0.15) is 5.75 Å². The Hall–Kier alpha value is -1.82.